The van der Waals surface area contributed by atoms with Crippen molar-refractivity contribution in [2.75, 3.05) is 0 Å². The van der Waals surface area contributed by atoms with Crippen molar-refractivity contribution >= 4 is 21.9 Å². The number of aliphatic hydroxyl groups excluding tert-OH is 2. The third-order valence-corrected chi connectivity index (χ3v) is 2.69. The Morgan fingerprint density at radius 2 is 2.06 bits per heavy atom. The molecule has 0 saturated carbocycles. The molecule has 0 aliphatic carbocycles. The van der Waals surface area contributed by atoms with Gasteiger partial charge in [0.1, 0.15) is 6.10 Å². The monoisotopic (exact) mass is 285 g/mol. The maximum atomic E-state index is 10.8. The van der Waals surface area contributed by atoms with E-state index in [4.69, 9.17) is 15.5 Å². The van der Waals surface area contributed by atoms with Crippen molar-refractivity contribution in [1.82, 2.24) is 0 Å². The summed E-state index contributed by atoms with van der Waals surface area (Å²) < 4.78 is 0.363. The van der Waals surface area contributed by atoms with Crippen LogP contribution in [0.3, 0.4) is 0 Å². The van der Waals surface area contributed by atoms with Crippen molar-refractivity contribution in [3.8, 4) is 6.07 Å². The second kappa shape index (κ2) is 5.07. The van der Waals surface area contributed by atoms with Gasteiger partial charge in [-0.15, -0.1) is 0 Å². The highest BCUT2D eigenvalue weighted by molar-refractivity contribution is 9.10. The predicted molar refractivity (Wildman–Crippen MR) is 57.7 cm³/mol. The van der Waals surface area contributed by atoms with E-state index >= 15 is 0 Å². The number of aliphatic hydroxyl groups is 2. The maximum Gasteiger partial charge on any atom is 0.336 e. The van der Waals surface area contributed by atoms with Crippen LogP contribution in [0, 0.1) is 11.3 Å². The molecule has 1 aromatic rings. The molecule has 5 nitrogen and oxygen atoms in total. The van der Waals surface area contributed by atoms with Crippen LogP contribution in [0.2, 0.25) is 0 Å². The second-order valence-electron chi connectivity index (χ2n) is 3.06. The Hall–Kier alpha value is -1.42. The van der Waals surface area contributed by atoms with E-state index < -0.39 is 18.2 Å². The Balaban J connectivity index is 3.13. The SMILES string of the molecule is N#CC(O)C(O)c1ccc(Br)c(C(=O)O)c1. The van der Waals surface area contributed by atoms with Gasteiger partial charge in [0.25, 0.3) is 0 Å². The summed E-state index contributed by atoms with van der Waals surface area (Å²) in [4.78, 5) is 10.8. The Morgan fingerprint density at radius 3 is 2.56 bits per heavy atom. The zero-order chi connectivity index (χ0) is 12.3. The summed E-state index contributed by atoms with van der Waals surface area (Å²) in [5, 5.41) is 35.9. The number of hydrogen-bond donors (Lipinski definition) is 3. The molecule has 1 rings (SSSR count). The molecular weight excluding hydrogens is 278 g/mol. The van der Waals surface area contributed by atoms with Gasteiger partial charge in [0.05, 0.1) is 11.6 Å². The molecule has 6 heteroatoms. The maximum absolute atomic E-state index is 10.8. The smallest absolute Gasteiger partial charge is 0.336 e. The minimum Gasteiger partial charge on any atom is -0.478 e. The molecule has 0 fully saturated rings. The highest BCUT2D eigenvalue weighted by Crippen LogP contribution is 2.23. The lowest BCUT2D eigenvalue weighted by Gasteiger charge is -2.12. The average Bonchev–Trinajstić information content (AvgIpc) is 2.27. The van der Waals surface area contributed by atoms with Crippen molar-refractivity contribution in [2.24, 2.45) is 0 Å². The second-order valence-corrected chi connectivity index (χ2v) is 3.92. The third kappa shape index (κ3) is 2.58. The van der Waals surface area contributed by atoms with E-state index in [0.29, 0.717) is 4.47 Å². The van der Waals surface area contributed by atoms with Crippen LogP contribution in [0.25, 0.3) is 0 Å². The van der Waals surface area contributed by atoms with Gasteiger partial charge in [-0.25, -0.2) is 4.79 Å². The fourth-order valence-corrected chi connectivity index (χ4v) is 1.56. The summed E-state index contributed by atoms with van der Waals surface area (Å²) in [7, 11) is 0. The predicted octanol–water partition coefficient (Wildman–Crippen LogP) is 1.07. The minimum absolute atomic E-state index is 0.0401. The van der Waals surface area contributed by atoms with Gasteiger partial charge in [0, 0.05) is 4.47 Å². The lowest BCUT2D eigenvalue weighted by Crippen LogP contribution is -2.16. The number of benzene rings is 1. The van der Waals surface area contributed by atoms with E-state index in [1.807, 2.05) is 0 Å². The number of nitrogens with zero attached hydrogens (tertiary/aromatic N) is 1. The summed E-state index contributed by atoms with van der Waals surface area (Å²) in [6.07, 6.45) is -3.00. The lowest BCUT2D eigenvalue weighted by atomic mass is 10.0. The normalized spacial score (nSPS) is 13.9. The van der Waals surface area contributed by atoms with Crippen LogP contribution in [-0.4, -0.2) is 27.4 Å². The van der Waals surface area contributed by atoms with Crippen molar-refractivity contribution in [3.63, 3.8) is 0 Å². The van der Waals surface area contributed by atoms with Crippen molar-refractivity contribution in [3.05, 3.63) is 33.8 Å². The van der Waals surface area contributed by atoms with Crippen LogP contribution in [-0.2, 0) is 0 Å². The average molecular weight is 286 g/mol. The first-order chi connectivity index (χ1) is 7.47. The largest absolute Gasteiger partial charge is 0.478 e. The van der Waals surface area contributed by atoms with Crippen LogP contribution >= 0.6 is 15.9 Å². The molecule has 0 heterocycles. The molecule has 0 spiro atoms. The number of nitriles is 1. The zero-order valence-corrected chi connectivity index (χ0v) is 9.55. The Labute approximate surface area is 99.7 Å². The molecule has 84 valence electrons. The minimum atomic E-state index is -1.58. The van der Waals surface area contributed by atoms with Crippen LogP contribution in [0.4, 0.5) is 0 Å². The Bertz CT molecular complexity index is 455. The molecule has 2 atom stereocenters. The Kier molecular flexibility index (Phi) is 4.01. The first-order valence-corrected chi connectivity index (χ1v) is 5.05. The van der Waals surface area contributed by atoms with Gasteiger partial charge in [0.2, 0.25) is 0 Å². The first-order valence-electron chi connectivity index (χ1n) is 4.26. The molecule has 0 bridgehead atoms. The molecule has 2 unspecified atom stereocenters. The molecule has 16 heavy (non-hydrogen) atoms. The number of carboxylic acids is 1. The van der Waals surface area contributed by atoms with E-state index in [2.05, 4.69) is 15.9 Å². The van der Waals surface area contributed by atoms with Gasteiger partial charge in [-0.1, -0.05) is 6.07 Å². The van der Waals surface area contributed by atoms with E-state index in [1.54, 1.807) is 0 Å². The van der Waals surface area contributed by atoms with E-state index in [-0.39, 0.29) is 11.1 Å². The highest BCUT2D eigenvalue weighted by Gasteiger charge is 2.19. The number of aromatic carboxylic acids is 1. The first kappa shape index (κ1) is 12.6. The molecule has 0 radical (unpaired) electrons. The molecule has 1 aromatic carbocycles. The fourth-order valence-electron chi connectivity index (χ4n) is 1.14. The summed E-state index contributed by atoms with van der Waals surface area (Å²) in [5.41, 5.74) is 0.135. The quantitative estimate of drug-likeness (QED) is 0.721. The third-order valence-electron chi connectivity index (χ3n) is 1.99. The number of rotatable bonds is 3. The van der Waals surface area contributed by atoms with Crippen LogP contribution in [0.15, 0.2) is 22.7 Å². The molecular formula is C10H8BrNO4. The van der Waals surface area contributed by atoms with E-state index in [0.717, 1.165) is 0 Å². The van der Waals surface area contributed by atoms with Gasteiger partial charge < -0.3 is 15.3 Å². The van der Waals surface area contributed by atoms with E-state index in [9.17, 15) is 9.90 Å². The molecule has 0 aliphatic rings. The summed E-state index contributed by atoms with van der Waals surface area (Å²) >= 11 is 3.04. The van der Waals surface area contributed by atoms with Gasteiger partial charge in [-0.2, -0.15) is 5.26 Å². The molecule has 3 N–H and O–H groups in total. The van der Waals surface area contributed by atoms with Crippen LogP contribution in [0.5, 0.6) is 0 Å². The number of carboxylic acid groups (broad SMARTS) is 1. The van der Waals surface area contributed by atoms with Gasteiger partial charge in [0.15, 0.2) is 6.10 Å². The zero-order valence-electron chi connectivity index (χ0n) is 7.96. The standard InChI is InChI=1S/C10H8BrNO4/c11-7-2-1-5(3-6(7)10(15)16)9(14)8(13)4-12/h1-3,8-9,13-14H,(H,15,16). The topological polar surface area (TPSA) is 102 Å². The van der Waals surface area contributed by atoms with Crippen LogP contribution in [0.1, 0.15) is 22.0 Å². The van der Waals surface area contributed by atoms with Gasteiger partial charge in [-0.05, 0) is 33.6 Å². The Morgan fingerprint density at radius 1 is 1.44 bits per heavy atom. The molecule has 0 amide bonds. The fraction of sp³-hybridized carbons (Fsp3) is 0.200. The number of carbonyl (C=O) groups is 1. The summed E-state index contributed by atoms with van der Waals surface area (Å²) in [6.45, 7) is 0. The van der Waals surface area contributed by atoms with E-state index in [1.165, 1.54) is 24.3 Å². The highest BCUT2D eigenvalue weighted by atomic mass is 79.9. The van der Waals surface area contributed by atoms with Gasteiger partial charge in [-0.3, -0.25) is 0 Å². The number of halogens is 1. The van der Waals surface area contributed by atoms with Gasteiger partial charge >= 0.3 is 5.97 Å². The molecule has 0 aliphatic heterocycles. The number of hydrogen-bond acceptors (Lipinski definition) is 4. The summed E-state index contributed by atoms with van der Waals surface area (Å²) in [6, 6.07) is 5.55. The van der Waals surface area contributed by atoms with Crippen molar-refractivity contribution in [2.45, 2.75) is 12.2 Å². The lowest BCUT2D eigenvalue weighted by molar-refractivity contribution is 0.0525. The summed E-state index contributed by atoms with van der Waals surface area (Å²) in [5.74, 6) is -1.16. The van der Waals surface area contributed by atoms with Crippen molar-refractivity contribution in [1.29, 1.82) is 5.26 Å². The molecule has 0 saturated heterocycles. The van der Waals surface area contributed by atoms with Crippen molar-refractivity contribution < 1.29 is 20.1 Å². The molecule has 0 aromatic heterocycles. The van der Waals surface area contributed by atoms with Crippen LogP contribution < -0.4 is 0 Å².